The molecule has 1 aliphatic heterocycles. The highest BCUT2D eigenvalue weighted by molar-refractivity contribution is 5.73. The fourth-order valence-corrected chi connectivity index (χ4v) is 6.27. The van der Waals surface area contributed by atoms with Gasteiger partial charge in [0.05, 0.1) is 6.54 Å². The van der Waals surface area contributed by atoms with E-state index in [1.54, 1.807) is 0 Å². The van der Waals surface area contributed by atoms with Crippen molar-refractivity contribution in [3.63, 3.8) is 0 Å². The number of quaternary nitrogens is 1. The van der Waals surface area contributed by atoms with Crippen molar-refractivity contribution in [2.75, 3.05) is 13.2 Å². The van der Waals surface area contributed by atoms with Gasteiger partial charge in [0, 0.05) is 5.56 Å². The van der Waals surface area contributed by atoms with E-state index < -0.39 is 18.0 Å². The highest BCUT2D eigenvalue weighted by Crippen LogP contribution is 2.45. The Hall–Kier alpha value is -2.32. The van der Waals surface area contributed by atoms with E-state index in [0.717, 1.165) is 78.8 Å². The van der Waals surface area contributed by atoms with Crippen molar-refractivity contribution < 1.29 is 35.0 Å². The van der Waals surface area contributed by atoms with E-state index in [1.807, 2.05) is 13.8 Å². The summed E-state index contributed by atoms with van der Waals surface area (Å²) in [4.78, 5) is 21.2. The zero-order valence-electron chi connectivity index (χ0n) is 29.9. The molecule has 260 valence electrons. The van der Waals surface area contributed by atoms with E-state index in [-0.39, 0.29) is 12.2 Å². The maximum Gasteiger partial charge on any atom is 0.341 e. The Morgan fingerprint density at radius 3 is 1.98 bits per heavy atom. The average Bonchev–Trinajstić information content (AvgIpc) is 2.96. The van der Waals surface area contributed by atoms with Gasteiger partial charge >= 0.3 is 11.9 Å². The maximum atomic E-state index is 11.0. The van der Waals surface area contributed by atoms with Crippen molar-refractivity contribution in [2.24, 2.45) is 23.5 Å². The summed E-state index contributed by atoms with van der Waals surface area (Å²) in [6.07, 6.45) is 16.1. The SMILES string of the molecule is Cc1c(C)c2c(c(C)c1OCC(=O)O)CC[C@@](C)(CCC[C@H](C)CCC[C@H](C)CCCC(C)C)O2.N[C@@H](CCCC[NH3+])C(=O)O. The molecule has 8 heteroatoms. The van der Waals surface area contributed by atoms with Crippen LogP contribution in [0.1, 0.15) is 140 Å². The number of hydrogen-bond donors (Lipinski definition) is 4. The van der Waals surface area contributed by atoms with Gasteiger partial charge in [0.1, 0.15) is 23.1 Å². The molecule has 0 radical (unpaired) electrons. The van der Waals surface area contributed by atoms with Gasteiger partial charge in [0.2, 0.25) is 0 Å². The Morgan fingerprint density at radius 1 is 0.867 bits per heavy atom. The second-order valence-corrected chi connectivity index (χ2v) is 14.4. The van der Waals surface area contributed by atoms with Crippen LogP contribution in [-0.4, -0.2) is 46.9 Å². The lowest BCUT2D eigenvalue weighted by atomic mass is 9.83. The Morgan fingerprint density at radius 2 is 1.44 bits per heavy atom. The molecule has 0 unspecified atom stereocenters. The largest absolute Gasteiger partial charge is 0.487 e. The monoisotopic (exact) mass is 635 g/mol. The van der Waals surface area contributed by atoms with Gasteiger partial charge in [-0.25, -0.2) is 4.79 Å². The third-order valence-electron chi connectivity index (χ3n) is 9.51. The molecular weight excluding hydrogens is 568 g/mol. The van der Waals surface area contributed by atoms with E-state index in [2.05, 4.69) is 47.3 Å². The highest BCUT2D eigenvalue weighted by atomic mass is 16.5. The Bertz CT molecular complexity index is 1040. The topological polar surface area (TPSA) is 147 Å². The van der Waals surface area contributed by atoms with Crippen molar-refractivity contribution in [3.8, 4) is 11.5 Å². The number of hydrogen-bond acceptors (Lipinski definition) is 5. The molecule has 0 fully saturated rings. The maximum absolute atomic E-state index is 11.0. The molecule has 8 nitrogen and oxygen atoms in total. The molecular formula is C37H67N2O6+. The van der Waals surface area contributed by atoms with Crippen LogP contribution < -0.4 is 20.9 Å². The molecule has 0 aliphatic carbocycles. The van der Waals surface area contributed by atoms with Gasteiger partial charge in [0.15, 0.2) is 6.61 Å². The smallest absolute Gasteiger partial charge is 0.341 e. The number of carboxylic acids is 2. The predicted octanol–water partition coefficient (Wildman–Crippen LogP) is 7.41. The van der Waals surface area contributed by atoms with Crippen molar-refractivity contribution in [1.29, 1.82) is 0 Å². The minimum Gasteiger partial charge on any atom is -0.487 e. The lowest BCUT2D eigenvalue weighted by molar-refractivity contribution is -0.368. The number of carbonyl (C=O) groups is 2. The molecule has 0 bridgehead atoms. The minimum absolute atomic E-state index is 0.134. The number of aliphatic carboxylic acids is 2. The Kier molecular flexibility index (Phi) is 18.8. The fraction of sp³-hybridized carbons (Fsp3) is 0.784. The Balaban J connectivity index is 0.000000868. The summed E-state index contributed by atoms with van der Waals surface area (Å²) in [6, 6.07) is -0.688. The normalized spacial score (nSPS) is 17.8. The predicted molar refractivity (Wildman–Crippen MR) is 183 cm³/mol. The van der Waals surface area contributed by atoms with Gasteiger partial charge in [-0.2, -0.15) is 0 Å². The highest BCUT2D eigenvalue weighted by Gasteiger charge is 2.34. The first-order valence-corrected chi connectivity index (χ1v) is 17.6. The van der Waals surface area contributed by atoms with Crippen LogP contribution in [-0.2, 0) is 16.0 Å². The first-order chi connectivity index (χ1) is 21.1. The van der Waals surface area contributed by atoms with Crippen LogP contribution in [0.2, 0.25) is 0 Å². The summed E-state index contributed by atoms with van der Waals surface area (Å²) in [7, 11) is 0. The molecule has 1 aromatic rings. The van der Waals surface area contributed by atoms with E-state index in [0.29, 0.717) is 12.2 Å². The molecule has 0 spiro atoms. The number of nitrogens with two attached hydrogens (primary N) is 1. The number of fused-ring (bicyclic) bond motifs is 1. The van der Waals surface area contributed by atoms with Crippen LogP contribution in [0.3, 0.4) is 0 Å². The first kappa shape index (κ1) is 40.7. The summed E-state index contributed by atoms with van der Waals surface area (Å²) in [5.74, 6) is 2.31. The first-order valence-electron chi connectivity index (χ1n) is 17.6. The summed E-state index contributed by atoms with van der Waals surface area (Å²) >= 11 is 0. The standard InChI is InChI=1S/C31H52O4.C6H14N2O2/c1-21(2)12-9-13-22(3)14-10-15-23(4)16-11-18-31(8)19-17-27-26(7)29(34-20-28(32)33)24(5)25(6)30(27)35-31;7-4-2-1-3-5(8)6(9)10/h21-23H,9-20H2,1-8H3,(H,32,33);5H,1-4,7-8H2,(H,9,10)/p+1/t22-,23-,31-;5-/m10/s1. The molecule has 45 heavy (non-hydrogen) atoms. The third kappa shape index (κ3) is 15.2. The zero-order valence-corrected chi connectivity index (χ0v) is 29.9. The molecule has 1 aromatic carbocycles. The fourth-order valence-electron chi connectivity index (χ4n) is 6.27. The molecule has 1 heterocycles. The summed E-state index contributed by atoms with van der Waals surface area (Å²) in [6.45, 7) is 18.4. The van der Waals surface area contributed by atoms with Gasteiger partial charge in [-0.3, -0.25) is 4.79 Å². The van der Waals surface area contributed by atoms with Crippen LogP contribution in [0.4, 0.5) is 0 Å². The summed E-state index contributed by atoms with van der Waals surface area (Å²) in [5, 5.41) is 17.4. The second-order valence-electron chi connectivity index (χ2n) is 14.4. The zero-order chi connectivity index (χ0) is 34.2. The number of unbranched alkanes of at least 4 members (excludes halogenated alkanes) is 1. The van der Waals surface area contributed by atoms with Gasteiger partial charge < -0.3 is 31.2 Å². The van der Waals surface area contributed by atoms with E-state index in [4.69, 9.17) is 25.4 Å². The molecule has 1 aliphatic rings. The van der Waals surface area contributed by atoms with Crippen LogP contribution in [0, 0.1) is 38.5 Å². The van der Waals surface area contributed by atoms with Crippen LogP contribution in [0.15, 0.2) is 0 Å². The lowest BCUT2D eigenvalue weighted by Gasteiger charge is -2.38. The molecule has 0 saturated heterocycles. The molecule has 0 amide bonds. The van der Waals surface area contributed by atoms with Crippen molar-refractivity contribution >= 4 is 11.9 Å². The summed E-state index contributed by atoms with van der Waals surface area (Å²) < 4.78 is 12.3. The van der Waals surface area contributed by atoms with Crippen LogP contribution >= 0.6 is 0 Å². The van der Waals surface area contributed by atoms with Gasteiger partial charge in [-0.1, -0.05) is 72.6 Å². The van der Waals surface area contributed by atoms with Gasteiger partial charge in [-0.15, -0.1) is 0 Å². The quantitative estimate of drug-likeness (QED) is 0.109. The third-order valence-corrected chi connectivity index (χ3v) is 9.51. The molecule has 4 atom stereocenters. The molecule has 0 aromatic heterocycles. The van der Waals surface area contributed by atoms with E-state index in [1.165, 1.54) is 56.9 Å². The minimum atomic E-state index is -0.951. The van der Waals surface area contributed by atoms with Gasteiger partial charge in [0.25, 0.3) is 0 Å². The van der Waals surface area contributed by atoms with Crippen molar-refractivity contribution in [1.82, 2.24) is 0 Å². The van der Waals surface area contributed by atoms with Gasteiger partial charge in [-0.05, 0) is 107 Å². The van der Waals surface area contributed by atoms with Crippen LogP contribution in [0.25, 0.3) is 0 Å². The number of rotatable bonds is 20. The number of benzene rings is 1. The Labute approximate surface area is 274 Å². The molecule has 2 rings (SSSR count). The van der Waals surface area contributed by atoms with Crippen LogP contribution in [0.5, 0.6) is 11.5 Å². The second kappa shape index (κ2) is 20.7. The number of carboxylic acid groups (broad SMARTS) is 2. The molecule has 7 N–H and O–H groups in total. The van der Waals surface area contributed by atoms with Crippen molar-refractivity contribution in [2.45, 2.75) is 157 Å². The van der Waals surface area contributed by atoms with E-state index in [9.17, 15) is 9.59 Å². The lowest BCUT2D eigenvalue weighted by Crippen LogP contribution is -2.50. The van der Waals surface area contributed by atoms with E-state index >= 15 is 0 Å². The summed E-state index contributed by atoms with van der Waals surface area (Å²) in [5.41, 5.74) is 13.0. The van der Waals surface area contributed by atoms with Crippen molar-refractivity contribution in [3.05, 3.63) is 22.3 Å². The molecule has 0 saturated carbocycles. The average molecular weight is 636 g/mol. The number of ether oxygens (including phenoxy) is 2.